The molecule has 1 fully saturated rings. The highest BCUT2D eigenvalue weighted by Crippen LogP contribution is 2.33. The first-order chi connectivity index (χ1) is 9.63. The minimum atomic E-state index is -0.411. The third kappa shape index (κ3) is 3.30. The second kappa shape index (κ2) is 6.43. The molecule has 0 aliphatic heterocycles. The van der Waals surface area contributed by atoms with Crippen LogP contribution in [0.4, 0.5) is 0 Å². The van der Waals surface area contributed by atoms with Crippen molar-refractivity contribution in [3.05, 3.63) is 36.4 Å². The van der Waals surface area contributed by atoms with Gasteiger partial charge in [0, 0.05) is 6.04 Å². The van der Waals surface area contributed by atoms with Crippen LogP contribution in [0.2, 0.25) is 0 Å². The lowest BCUT2D eigenvalue weighted by molar-refractivity contribution is 0.0600. The molecule has 0 amide bonds. The largest absolute Gasteiger partial charge is 0.486 e. The molecule has 1 aliphatic rings. The number of methoxy groups -OCH3 is 1. The van der Waals surface area contributed by atoms with Crippen LogP contribution in [-0.4, -0.2) is 31.8 Å². The van der Waals surface area contributed by atoms with E-state index in [1.165, 1.54) is 7.11 Å². The Morgan fingerprint density at radius 2 is 2.20 bits per heavy atom. The van der Waals surface area contributed by atoms with Crippen LogP contribution in [0, 0.1) is 0 Å². The Labute approximate surface area is 118 Å². The van der Waals surface area contributed by atoms with Crippen LogP contribution in [-0.2, 0) is 4.74 Å². The fourth-order valence-electron chi connectivity index (χ4n) is 1.99. The van der Waals surface area contributed by atoms with E-state index in [1.807, 2.05) is 0 Å². The molecule has 5 heteroatoms. The number of ether oxygens (including phenoxy) is 3. The van der Waals surface area contributed by atoms with Crippen molar-refractivity contribution in [2.45, 2.75) is 25.0 Å². The van der Waals surface area contributed by atoms with E-state index in [9.17, 15) is 4.79 Å². The molecule has 1 aliphatic carbocycles. The van der Waals surface area contributed by atoms with Crippen LogP contribution in [0.15, 0.2) is 30.9 Å². The van der Waals surface area contributed by atoms with Gasteiger partial charge in [0.1, 0.15) is 12.7 Å². The highest BCUT2D eigenvalue weighted by atomic mass is 16.5. The van der Waals surface area contributed by atoms with Gasteiger partial charge in [-0.15, -0.1) is 0 Å². The van der Waals surface area contributed by atoms with Gasteiger partial charge in [0.05, 0.1) is 12.7 Å². The minimum Gasteiger partial charge on any atom is -0.486 e. The third-order valence-corrected chi connectivity index (χ3v) is 3.15. The van der Waals surface area contributed by atoms with E-state index >= 15 is 0 Å². The molecular formula is C15H19NO4. The Morgan fingerprint density at radius 1 is 1.45 bits per heavy atom. The van der Waals surface area contributed by atoms with E-state index in [-0.39, 0.29) is 12.1 Å². The van der Waals surface area contributed by atoms with Crippen molar-refractivity contribution in [3.8, 4) is 11.5 Å². The summed E-state index contributed by atoms with van der Waals surface area (Å²) in [6.45, 7) is 3.94. The van der Waals surface area contributed by atoms with Crippen molar-refractivity contribution in [2.75, 3.05) is 13.7 Å². The van der Waals surface area contributed by atoms with E-state index in [4.69, 9.17) is 19.9 Å². The lowest BCUT2D eigenvalue weighted by Gasteiger charge is -2.33. The summed E-state index contributed by atoms with van der Waals surface area (Å²) in [5.74, 6) is 0.704. The molecule has 0 heterocycles. The maximum atomic E-state index is 11.5. The number of hydrogen-bond acceptors (Lipinski definition) is 5. The van der Waals surface area contributed by atoms with Gasteiger partial charge in [-0.2, -0.15) is 0 Å². The zero-order valence-corrected chi connectivity index (χ0v) is 11.5. The number of esters is 1. The van der Waals surface area contributed by atoms with Gasteiger partial charge in [-0.05, 0) is 31.0 Å². The Morgan fingerprint density at radius 3 is 2.80 bits per heavy atom. The number of carbonyl (C=O) groups is 1. The maximum Gasteiger partial charge on any atom is 0.337 e. The monoisotopic (exact) mass is 277 g/mol. The molecule has 0 bridgehead atoms. The average molecular weight is 277 g/mol. The summed E-state index contributed by atoms with van der Waals surface area (Å²) < 4.78 is 16.1. The standard InChI is InChI=1S/C15H19NO4/c1-3-6-19-14-7-10(15(17)18-2)4-5-13(14)20-12-8-11(16)9-12/h3-5,7,11-12H,1,6,8-9,16H2,2H3/t11-,12-. The lowest BCUT2D eigenvalue weighted by atomic mass is 9.90. The Balaban J connectivity index is 2.15. The molecule has 0 radical (unpaired) electrons. The molecule has 0 aromatic heterocycles. The number of hydrogen-bond donors (Lipinski definition) is 1. The summed E-state index contributed by atoms with van der Waals surface area (Å²) in [7, 11) is 1.34. The quantitative estimate of drug-likeness (QED) is 0.635. The molecule has 2 rings (SSSR count). The van der Waals surface area contributed by atoms with Crippen molar-refractivity contribution in [2.24, 2.45) is 5.73 Å². The van der Waals surface area contributed by atoms with Crippen molar-refractivity contribution < 1.29 is 19.0 Å². The molecule has 1 aromatic carbocycles. The van der Waals surface area contributed by atoms with Gasteiger partial charge in [-0.1, -0.05) is 12.7 Å². The van der Waals surface area contributed by atoms with Crippen LogP contribution >= 0.6 is 0 Å². The predicted molar refractivity (Wildman–Crippen MR) is 75.1 cm³/mol. The lowest BCUT2D eigenvalue weighted by Crippen LogP contribution is -2.43. The molecule has 0 unspecified atom stereocenters. The van der Waals surface area contributed by atoms with Gasteiger partial charge in [-0.3, -0.25) is 0 Å². The smallest absolute Gasteiger partial charge is 0.337 e. The normalized spacial score (nSPS) is 20.7. The van der Waals surface area contributed by atoms with Crippen LogP contribution in [0.25, 0.3) is 0 Å². The van der Waals surface area contributed by atoms with Gasteiger partial charge >= 0.3 is 5.97 Å². The molecule has 1 aromatic rings. The molecule has 0 saturated heterocycles. The van der Waals surface area contributed by atoms with Crippen LogP contribution < -0.4 is 15.2 Å². The summed E-state index contributed by atoms with van der Waals surface area (Å²) in [6.07, 6.45) is 3.41. The van der Waals surface area contributed by atoms with Gasteiger partial charge in [0.25, 0.3) is 0 Å². The second-order valence-electron chi connectivity index (χ2n) is 4.72. The average Bonchev–Trinajstić information content (AvgIpc) is 2.43. The number of rotatable bonds is 6. The van der Waals surface area contributed by atoms with Gasteiger partial charge in [0.15, 0.2) is 11.5 Å². The highest BCUT2D eigenvalue weighted by Gasteiger charge is 2.28. The maximum absolute atomic E-state index is 11.5. The molecule has 0 atom stereocenters. The Bertz CT molecular complexity index is 495. The predicted octanol–water partition coefficient (Wildman–Crippen LogP) is 1.91. The van der Waals surface area contributed by atoms with E-state index in [0.29, 0.717) is 23.7 Å². The summed E-state index contributed by atoms with van der Waals surface area (Å²) >= 11 is 0. The van der Waals surface area contributed by atoms with E-state index in [1.54, 1.807) is 24.3 Å². The van der Waals surface area contributed by atoms with Gasteiger partial charge in [-0.25, -0.2) is 4.79 Å². The molecule has 2 N–H and O–H groups in total. The molecular weight excluding hydrogens is 258 g/mol. The zero-order valence-electron chi connectivity index (χ0n) is 11.5. The molecule has 20 heavy (non-hydrogen) atoms. The van der Waals surface area contributed by atoms with Crippen molar-refractivity contribution >= 4 is 5.97 Å². The number of benzene rings is 1. The second-order valence-corrected chi connectivity index (χ2v) is 4.72. The summed E-state index contributed by atoms with van der Waals surface area (Å²) in [6, 6.07) is 5.20. The van der Waals surface area contributed by atoms with Crippen LogP contribution in [0.5, 0.6) is 11.5 Å². The molecule has 0 spiro atoms. The number of nitrogens with two attached hydrogens (primary N) is 1. The Hall–Kier alpha value is -2.01. The fourth-order valence-corrected chi connectivity index (χ4v) is 1.99. The zero-order chi connectivity index (χ0) is 14.5. The SMILES string of the molecule is C=CCOc1cc(C(=O)OC)ccc1O[C@H]1C[C@H](N)C1. The van der Waals surface area contributed by atoms with Crippen molar-refractivity contribution in [3.63, 3.8) is 0 Å². The first-order valence-electron chi connectivity index (χ1n) is 6.52. The third-order valence-electron chi connectivity index (χ3n) is 3.15. The Kier molecular flexibility index (Phi) is 4.63. The van der Waals surface area contributed by atoms with Crippen molar-refractivity contribution in [1.82, 2.24) is 0 Å². The van der Waals surface area contributed by atoms with Crippen LogP contribution in [0.1, 0.15) is 23.2 Å². The van der Waals surface area contributed by atoms with Crippen LogP contribution in [0.3, 0.4) is 0 Å². The number of carbonyl (C=O) groups excluding carboxylic acids is 1. The highest BCUT2D eigenvalue weighted by molar-refractivity contribution is 5.90. The first kappa shape index (κ1) is 14.4. The minimum absolute atomic E-state index is 0.111. The topological polar surface area (TPSA) is 70.8 Å². The summed E-state index contributed by atoms with van der Waals surface area (Å²) in [5, 5.41) is 0. The fraction of sp³-hybridized carbons (Fsp3) is 0.400. The summed E-state index contributed by atoms with van der Waals surface area (Å²) in [5.41, 5.74) is 6.16. The van der Waals surface area contributed by atoms with Crippen molar-refractivity contribution in [1.29, 1.82) is 0 Å². The molecule has 1 saturated carbocycles. The summed E-state index contributed by atoms with van der Waals surface area (Å²) in [4.78, 5) is 11.5. The van der Waals surface area contributed by atoms with E-state index in [2.05, 4.69) is 6.58 Å². The first-order valence-corrected chi connectivity index (χ1v) is 6.52. The molecule has 5 nitrogen and oxygen atoms in total. The van der Waals surface area contributed by atoms with E-state index in [0.717, 1.165) is 12.8 Å². The van der Waals surface area contributed by atoms with Gasteiger partial charge < -0.3 is 19.9 Å². The van der Waals surface area contributed by atoms with E-state index < -0.39 is 5.97 Å². The van der Waals surface area contributed by atoms with Gasteiger partial charge in [0.2, 0.25) is 0 Å². The molecule has 108 valence electrons.